The minimum Gasteiger partial charge on any atom is -0.494 e. The second-order valence-electron chi connectivity index (χ2n) is 6.58. The van der Waals surface area contributed by atoms with Gasteiger partial charge in [-0.3, -0.25) is 4.79 Å². The summed E-state index contributed by atoms with van der Waals surface area (Å²) in [4.78, 5) is 22.8. The Hall–Kier alpha value is -3.07. The van der Waals surface area contributed by atoms with E-state index in [1.807, 2.05) is 6.92 Å². The van der Waals surface area contributed by atoms with E-state index < -0.39 is 15.8 Å². The van der Waals surface area contributed by atoms with E-state index in [2.05, 4.69) is 10.6 Å². The first-order valence-corrected chi connectivity index (χ1v) is 11.1. The fourth-order valence-electron chi connectivity index (χ4n) is 2.72. The molecule has 0 saturated carbocycles. The smallest absolute Gasteiger partial charge is 0.319 e. The summed E-state index contributed by atoms with van der Waals surface area (Å²) < 4.78 is 31.5. The van der Waals surface area contributed by atoms with E-state index in [1.54, 1.807) is 6.92 Å². The number of hydrogen-bond acceptors (Lipinski definition) is 5. The lowest BCUT2D eigenvalue weighted by Gasteiger charge is -2.11. The van der Waals surface area contributed by atoms with Crippen LogP contribution in [-0.2, 0) is 21.1 Å². The van der Waals surface area contributed by atoms with Gasteiger partial charge in [-0.15, -0.1) is 0 Å². The number of nitrogens with one attached hydrogen (secondary N) is 2. The molecular weight excluding hydrogens is 408 g/mol. The molecule has 0 spiro atoms. The first-order chi connectivity index (χ1) is 14.3. The number of carbonyl (C=O) groups is 2. The van der Waals surface area contributed by atoms with E-state index in [9.17, 15) is 18.0 Å². The van der Waals surface area contributed by atoms with Crippen molar-refractivity contribution >= 4 is 27.5 Å². The highest BCUT2D eigenvalue weighted by atomic mass is 32.2. The van der Waals surface area contributed by atoms with Gasteiger partial charge in [0, 0.05) is 12.2 Å². The highest BCUT2D eigenvalue weighted by molar-refractivity contribution is 7.91. The van der Waals surface area contributed by atoms with Crippen LogP contribution in [0.15, 0.2) is 52.3 Å². The van der Waals surface area contributed by atoms with E-state index >= 15 is 0 Å². The number of carbonyl (C=O) groups excluding carboxylic acids is 1. The maximum atomic E-state index is 13.0. The molecule has 0 aliphatic carbocycles. The Labute approximate surface area is 176 Å². The summed E-state index contributed by atoms with van der Waals surface area (Å²) in [5, 5.41) is 14.4. The zero-order valence-corrected chi connectivity index (χ0v) is 17.8. The number of urea groups is 1. The molecule has 0 radical (unpaired) electrons. The number of ether oxygens (including phenoxy) is 1. The summed E-state index contributed by atoms with van der Waals surface area (Å²) in [6.45, 7) is 4.65. The highest BCUT2D eigenvalue weighted by Crippen LogP contribution is 2.27. The van der Waals surface area contributed by atoms with Gasteiger partial charge in [0.1, 0.15) is 5.75 Å². The number of rotatable bonds is 10. The van der Waals surface area contributed by atoms with Crippen molar-refractivity contribution < 1.29 is 27.9 Å². The Morgan fingerprint density at radius 1 is 1.03 bits per heavy atom. The first kappa shape index (κ1) is 23.2. The van der Waals surface area contributed by atoms with Crippen LogP contribution < -0.4 is 15.4 Å². The second-order valence-corrected chi connectivity index (χ2v) is 8.53. The number of hydrogen-bond donors (Lipinski definition) is 3. The van der Waals surface area contributed by atoms with E-state index in [4.69, 9.17) is 9.84 Å². The molecule has 30 heavy (non-hydrogen) atoms. The summed E-state index contributed by atoms with van der Waals surface area (Å²) in [7, 11) is -3.90. The van der Waals surface area contributed by atoms with Gasteiger partial charge in [-0.05, 0) is 61.4 Å². The molecule has 0 bridgehead atoms. The van der Waals surface area contributed by atoms with Crippen molar-refractivity contribution in [3.63, 3.8) is 0 Å². The van der Waals surface area contributed by atoms with Gasteiger partial charge < -0.3 is 20.5 Å². The highest BCUT2D eigenvalue weighted by Gasteiger charge is 2.20. The molecule has 162 valence electrons. The number of sulfone groups is 1. The number of amides is 2. The van der Waals surface area contributed by atoms with Crippen LogP contribution in [0.2, 0.25) is 0 Å². The van der Waals surface area contributed by atoms with Crippen molar-refractivity contribution in [2.75, 3.05) is 18.5 Å². The molecular formula is C21H26N2O6S. The molecule has 0 unspecified atom stereocenters. The Balaban J connectivity index is 2.25. The minimum atomic E-state index is -3.90. The lowest BCUT2D eigenvalue weighted by atomic mass is 10.1. The summed E-state index contributed by atoms with van der Waals surface area (Å²) in [6.07, 6.45) is 1.51. The van der Waals surface area contributed by atoms with Gasteiger partial charge in [0.05, 0.1) is 22.8 Å². The Morgan fingerprint density at radius 3 is 2.33 bits per heavy atom. The molecule has 9 heteroatoms. The van der Waals surface area contributed by atoms with Crippen LogP contribution in [0.4, 0.5) is 10.5 Å². The average molecular weight is 435 g/mol. The maximum Gasteiger partial charge on any atom is 0.319 e. The second kappa shape index (κ2) is 10.6. The molecule has 2 aromatic carbocycles. The summed E-state index contributed by atoms with van der Waals surface area (Å²) >= 11 is 0. The predicted octanol–water partition coefficient (Wildman–Crippen LogP) is 3.47. The Morgan fingerprint density at radius 2 is 1.73 bits per heavy atom. The molecule has 0 aromatic heterocycles. The average Bonchev–Trinajstić information content (AvgIpc) is 2.68. The van der Waals surface area contributed by atoms with Crippen LogP contribution in [0, 0.1) is 0 Å². The first-order valence-electron chi connectivity index (χ1n) is 9.64. The van der Waals surface area contributed by atoms with E-state index in [1.165, 1.54) is 42.5 Å². The number of carboxylic acids is 1. The molecule has 2 amide bonds. The quantitative estimate of drug-likeness (QED) is 0.492. The van der Waals surface area contributed by atoms with Crippen molar-refractivity contribution in [1.29, 1.82) is 0 Å². The molecule has 2 aromatic rings. The van der Waals surface area contributed by atoms with E-state index in [0.717, 1.165) is 12.8 Å². The van der Waals surface area contributed by atoms with Gasteiger partial charge in [0.25, 0.3) is 0 Å². The van der Waals surface area contributed by atoms with Crippen molar-refractivity contribution in [3.05, 3.63) is 48.0 Å². The van der Waals surface area contributed by atoms with Crippen molar-refractivity contribution in [2.24, 2.45) is 0 Å². The number of benzene rings is 2. The van der Waals surface area contributed by atoms with Crippen LogP contribution in [0.3, 0.4) is 0 Å². The molecule has 0 aliphatic rings. The van der Waals surface area contributed by atoms with Crippen LogP contribution >= 0.6 is 0 Å². The van der Waals surface area contributed by atoms with Gasteiger partial charge in [-0.25, -0.2) is 13.2 Å². The van der Waals surface area contributed by atoms with E-state index in [0.29, 0.717) is 24.4 Å². The van der Waals surface area contributed by atoms with Gasteiger partial charge >= 0.3 is 12.0 Å². The number of aliphatic carboxylic acids is 1. The molecule has 0 atom stereocenters. The third-order valence-electron chi connectivity index (χ3n) is 4.15. The Kier molecular flexibility index (Phi) is 8.23. The van der Waals surface area contributed by atoms with Crippen molar-refractivity contribution in [2.45, 2.75) is 42.9 Å². The van der Waals surface area contributed by atoms with Crippen LogP contribution in [0.1, 0.15) is 32.3 Å². The summed E-state index contributed by atoms with van der Waals surface area (Å²) in [5.74, 6) is -0.781. The number of carboxylic acid groups (broad SMARTS) is 1. The predicted molar refractivity (Wildman–Crippen MR) is 113 cm³/mol. The SMILES string of the molecule is CCCCNC(=O)Nc1ccc(S(=O)(=O)c2cc(CC(=O)O)cc(OCC)c2)cc1. The number of anilines is 1. The normalized spacial score (nSPS) is 11.0. The van der Waals surface area contributed by atoms with Crippen molar-refractivity contribution in [3.8, 4) is 5.75 Å². The Bertz CT molecular complexity index is 987. The fraction of sp³-hybridized carbons (Fsp3) is 0.333. The van der Waals surface area contributed by atoms with Crippen LogP contribution in [-0.4, -0.2) is 38.7 Å². The largest absolute Gasteiger partial charge is 0.494 e. The molecule has 3 N–H and O–H groups in total. The maximum absolute atomic E-state index is 13.0. The van der Waals surface area contributed by atoms with Crippen LogP contribution in [0.5, 0.6) is 5.75 Å². The fourth-order valence-corrected chi connectivity index (χ4v) is 4.06. The number of unbranched alkanes of at least 4 members (excludes halogenated alkanes) is 1. The molecule has 0 heterocycles. The zero-order valence-electron chi connectivity index (χ0n) is 17.0. The lowest BCUT2D eigenvalue weighted by Crippen LogP contribution is -2.29. The van der Waals surface area contributed by atoms with Gasteiger partial charge in [-0.2, -0.15) is 0 Å². The lowest BCUT2D eigenvalue weighted by molar-refractivity contribution is -0.136. The minimum absolute atomic E-state index is 0.0226. The van der Waals surface area contributed by atoms with E-state index in [-0.39, 0.29) is 28.0 Å². The van der Waals surface area contributed by atoms with Gasteiger partial charge in [0.2, 0.25) is 9.84 Å². The third kappa shape index (κ3) is 6.48. The van der Waals surface area contributed by atoms with Crippen molar-refractivity contribution in [1.82, 2.24) is 5.32 Å². The molecule has 2 rings (SSSR count). The van der Waals surface area contributed by atoms with Gasteiger partial charge in [-0.1, -0.05) is 13.3 Å². The standard InChI is InChI=1S/C21H26N2O6S/c1-3-5-10-22-21(26)23-16-6-8-18(9-7-16)30(27,28)19-12-15(13-20(24)25)11-17(14-19)29-4-2/h6-9,11-12,14H,3-5,10,13H2,1-2H3,(H,24,25)(H2,22,23,26). The molecule has 0 saturated heterocycles. The summed E-state index contributed by atoms with van der Waals surface area (Å²) in [5.41, 5.74) is 0.784. The monoisotopic (exact) mass is 434 g/mol. The zero-order chi connectivity index (χ0) is 22.1. The molecule has 0 aliphatic heterocycles. The molecule has 0 fully saturated rings. The van der Waals surface area contributed by atoms with Gasteiger partial charge in [0.15, 0.2) is 0 Å². The topological polar surface area (TPSA) is 122 Å². The molecule has 8 nitrogen and oxygen atoms in total. The summed E-state index contributed by atoms with van der Waals surface area (Å²) in [6, 6.07) is 9.63. The van der Waals surface area contributed by atoms with Crippen LogP contribution in [0.25, 0.3) is 0 Å². The third-order valence-corrected chi connectivity index (χ3v) is 5.90.